The zero-order valence-electron chi connectivity index (χ0n) is 8.58. The lowest BCUT2D eigenvalue weighted by atomic mass is 9.45. The standard InChI is InChI=1S/C10H12N2O4/c13-6(14)5-1-9(2-5)3-10(4-9)7(15)11-8(16)12-10/h5H,1-4H2,(H,13,14)(H2,11,12,15,16). The molecule has 0 atom stereocenters. The summed E-state index contributed by atoms with van der Waals surface area (Å²) in [6, 6.07) is -0.436. The molecule has 2 aliphatic carbocycles. The fraction of sp³-hybridized carbons (Fsp3) is 0.700. The summed E-state index contributed by atoms with van der Waals surface area (Å²) in [7, 11) is 0. The third kappa shape index (κ3) is 1.04. The molecule has 1 aliphatic heterocycles. The predicted octanol–water partition coefficient (Wildman–Crippen LogP) is -0.161. The SMILES string of the molecule is O=C1NC(=O)C2(CC3(CC(C(=O)O)C3)C2)N1. The highest BCUT2D eigenvalue weighted by atomic mass is 16.4. The average Bonchev–Trinajstić information content (AvgIpc) is 2.32. The maximum absolute atomic E-state index is 11.5. The second kappa shape index (κ2) is 2.56. The van der Waals surface area contributed by atoms with Gasteiger partial charge in [0.15, 0.2) is 0 Å². The summed E-state index contributed by atoms with van der Waals surface area (Å²) in [4.78, 5) is 33.2. The van der Waals surface area contributed by atoms with Crippen LogP contribution < -0.4 is 10.6 Å². The molecule has 0 radical (unpaired) electrons. The normalized spacial score (nSPS) is 44.9. The van der Waals surface area contributed by atoms with E-state index in [-0.39, 0.29) is 17.2 Å². The molecule has 3 rings (SSSR count). The number of hydrogen-bond donors (Lipinski definition) is 3. The molecule has 6 nitrogen and oxygen atoms in total. The molecule has 0 aromatic rings. The first-order chi connectivity index (χ1) is 7.45. The minimum atomic E-state index is -0.758. The van der Waals surface area contributed by atoms with Crippen LogP contribution in [0.15, 0.2) is 0 Å². The summed E-state index contributed by atoms with van der Waals surface area (Å²) < 4.78 is 0. The molecule has 16 heavy (non-hydrogen) atoms. The molecule has 3 fully saturated rings. The first-order valence-corrected chi connectivity index (χ1v) is 5.31. The molecule has 1 saturated heterocycles. The Morgan fingerprint density at radius 1 is 1.31 bits per heavy atom. The molecule has 2 spiro atoms. The highest BCUT2D eigenvalue weighted by Crippen LogP contribution is 2.63. The molecular formula is C10H12N2O4. The highest BCUT2D eigenvalue weighted by Gasteiger charge is 2.66. The molecule has 3 N–H and O–H groups in total. The average molecular weight is 224 g/mol. The fourth-order valence-electron chi connectivity index (χ4n) is 3.45. The van der Waals surface area contributed by atoms with Crippen molar-refractivity contribution in [2.45, 2.75) is 31.2 Å². The summed E-state index contributed by atoms with van der Waals surface area (Å²) >= 11 is 0. The molecule has 1 heterocycles. The molecule has 2 saturated carbocycles. The van der Waals surface area contributed by atoms with Gasteiger partial charge in [-0.2, -0.15) is 0 Å². The van der Waals surface area contributed by atoms with Crippen LogP contribution in [0.25, 0.3) is 0 Å². The Balaban J connectivity index is 1.66. The van der Waals surface area contributed by atoms with E-state index in [0.29, 0.717) is 25.7 Å². The number of carboxylic acid groups (broad SMARTS) is 1. The van der Waals surface area contributed by atoms with Crippen LogP contribution in [0.5, 0.6) is 0 Å². The van der Waals surface area contributed by atoms with Gasteiger partial charge in [0.25, 0.3) is 5.91 Å². The van der Waals surface area contributed by atoms with Crippen LogP contribution in [0.1, 0.15) is 25.7 Å². The molecule has 86 valence electrons. The predicted molar refractivity (Wildman–Crippen MR) is 51.4 cm³/mol. The Labute approximate surface area is 91.4 Å². The molecular weight excluding hydrogens is 212 g/mol. The second-order valence-electron chi connectivity index (χ2n) is 5.29. The number of aliphatic carboxylic acids is 1. The summed E-state index contributed by atoms with van der Waals surface area (Å²) in [5.41, 5.74) is -0.751. The van der Waals surface area contributed by atoms with Crippen LogP contribution in [-0.4, -0.2) is 28.6 Å². The van der Waals surface area contributed by atoms with Crippen LogP contribution >= 0.6 is 0 Å². The highest BCUT2D eigenvalue weighted by molar-refractivity contribution is 6.07. The van der Waals surface area contributed by atoms with E-state index < -0.39 is 17.5 Å². The van der Waals surface area contributed by atoms with Gasteiger partial charge in [0.05, 0.1) is 5.92 Å². The van der Waals surface area contributed by atoms with Crippen molar-refractivity contribution in [3.8, 4) is 0 Å². The molecule has 0 bridgehead atoms. The van der Waals surface area contributed by atoms with Crippen molar-refractivity contribution in [1.82, 2.24) is 10.6 Å². The fourth-order valence-corrected chi connectivity index (χ4v) is 3.45. The lowest BCUT2D eigenvalue weighted by Gasteiger charge is -2.59. The number of carboxylic acids is 1. The maximum Gasteiger partial charge on any atom is 0.322 e. The number of rotatable bonds is 1. The first kappa shape index (κ1) is 9.62. The van der Waals surface area contributed by atoms with E-state index in [4.69, 9.17) is 5.11 Å². The number of urea groups is 1. The number of carbonyl (C=O) groups is 3. The van der Waals surface area contributed by atoms with Gasteiger partial charge in [0.2, 0.25) is 0 Å². The maximum atomic E-state index is 11.5. The summed E-state index contributed by atoms with van der Waals surface area (Å²) in [5, 5.41) is 13.6. The zero-order valence-corrected chi connectivity index (χ0v) is 8.58. The van der Waals surface area contributed by atoms with Gasteiger partial charge in [-0.1, -0.05) is 0 Å². The topological polar surface area (TPSA) is 95.5 Å². The van der Waals surface area contributed by atoms with Gasteiger partial charge in [-0.3, -0.25) is 14.9 Å². The lowest BCUT2D eigenvalue weighted by Crippen LogP contribution is -2.66. The molecule has 3 amide bonds. The van der Waals surface area contributed by atoms with Gasteiger partial charge >= 0.3 is 12.0 Å². The molecule has 6 heteroatoms. The molecule has 0 unspecified atom stereocenters. The Hall–Kier alpha value is -1.59. The third-order valence-corrected chi connectivity index (χ3v) is 4.08. The van der Waals surface area contributed by atoms with Gasteiger partial charge in [0.1, 0.15) is 5.54 Å². The van der Waals surface area contributed by atoms with E-state index in [1.54, 1.807) is 0 Å². The Morgan fingerprint density at radius 3 is 2.38 bits per heavy atom. The minimum Gasteiger partial charge on any atom is -0.481 e. The number of nitrogens with one attached hydrogen (secondary N) is 2. The van der Waals surface area contributed by atoms with Crippen LogP contribution in [0.3, 0.4) is 0 Å². The zero-order chi connectivity index (χ0) is 11.6. The number of imide groups is 1. The van der Waals surface area contributed by atoms with E-state index in [1.165, 1.54) is 0 Å². The lowest BCUT2D eigenvalue weighted by molar-refractivity contribution is -0.163. The molecule has 3 aliphatic rings. The van der Waals surface area contributed by atoms with Gasteiger partial charge < -0.3 is 10.4 Å². The van der Waals surface area contributed by atoms with Crippen LogP contribution in [0, 0.1) is 11.3 Å². The van der Waals surface area contributed by atoms with Gasteiger partial charge in [-0.25, -0.2) is 4.79 Å². The quantitative estimate of drug-likeness (QED) is 0.539. The number of carbonyl (C=O) groups excluding carboxylic acids is 2. The first-order valence-electron chi connectivity index (χ1n) is 5.31. The van der Waals surface area contributed by atoms with E-state index in [9.17, 15) is 14.4 Å². The number of hydrogen-bond acceptors (Lipinski definition) is 3. The molecule has 0 aromatic heterocycles. The van der Waals surface area contributed by atoms with Crippen molar-refractivity contribution >= 4 is 17.9 Å². The van der Waals surface area contributed by atoms with Crippen molar-refractivity contribution < 1.29 is 19.5 Å². The Kier molecular flexibility index (Phi) is 1.54. The molecule has 0 aromatic carbocycles. The summed E-state index contributed by atoms with van der Waals surface area (Å²) in [6.07, 6.45) is 2.43. The second-order valence-corrected chi connectivity index (χ2v) is 5.29. The third-order valence-electron chi connectivity index (χ3n) is 4.08. The van der Waals surface area contributed by atoms with Crippen molar-refractivity contribution in [2.75, 3.05) is 0 Å². The Bertz CT molecular complexity index is 403. The largest absolute Gasteiger partial charge is 0.481 e. The van der Waals surface area contributed by atoms with Crippen molar-refractivity contribution in [3.05, 3.63) is 0 Å². The van der Waals surface area contributed by atoms with Crippen LogP contribution in [0.4, 0.5) is 4.79 Å². The van der Waals surface area contributed by atoms with Crippen molar-refractivity contribution in [1.29, 1.82) is 0 Å². The van der Waals surface area contributed by atoms with E-state index in [2.05, 4.69) is 10.6 Å². The smallest absolute Gasteiger partial charge is 0.322 e. The van der Waals surface area contributed by atoms with Crippen LogP contribution in [0.2, 0.25) is 0 Å². The monoisotopic (exact) mass is 224 g/mol. The summed E-state index contributed by atoms with van der Waals surface area (Å²) in [6.45, 7) is 0. The summed E-state index contributed by atoms with van der Waals surface area (Å²) in [5.74, 6) is -1.29. The minimum absolute atomic E-state index is 0.0159. The van der Waals surface area contributed by atoms with E-state index >= 15 is 0 Å². The van der Waals surface area contributed by atoms with Gasteiger partial charge in [-0.05, 0) is 31.1 Å². The van der Waals surface area contributed by atoms with Crippen molar-refractivity contribution in [3.63, 3.8) is 0 Å². The Morgan fingerprint density at radius 2 is 1.94 bits per heavy atom. The van der Waals surface area contributed by atoms with Gasteiger partial charge in [0, 0.05) is 0 Å². The van der Waals surface area contributed by atoms with E-state index in [1.807, 2.05) is 0 Å². The van der Waals surface area contributed by atoms with Crippen LogP contribution in [-0.2, 0) is 9.59 Å². The van der Waals surface area contributed by atoms with Crippen molar-refractivity contribution in [2.24, 2.45) is 11.3 Å². The number of amides is 3. The van der Waals surface area contributed by atoms with Gasteiger partial charge in [-0.15, -0.1) is 0 Å². The van der Waals surface area contributed by atoms with E-state index in [0.717, 1.165) is 0 Å².